The Morgan fingerprint density at radius 3 is 2.52 bits per heavy atom. The van der Waals surface area contributed by atoms with E-state index in [4.69, 9.17) is 10.8 Å². The van der Waals surface area contributed by atoms with Crippen molar-refractivity contribution in [1.29, 1.82) is 0 Å². The summed E-state index contributed by atoms with van der Waals surface area (Å²) in [6, 6.07) is -2.36. The van der Waals surface area contributed by atoms with Crippen molar-refractivity contribution >= 4 is 30.4 Å². The Morgan fingerprint density at radius 1 is 1.43 bits per heavy atom. The third-order valence-corrected chi connectivity index (χ3v) is 4.00. The fourth-order valence-electron chi connectivity index (χ4n) is 2.23. The number of carboxylic acid groups (broad SMARTS) is 1. The first-order valence-electron chi connectivity index (χ1n) is 6.99. The molecule has 0 saturated carbocycles. The number of nitrogens with zero attached hydrogens (tertiary/aromatic N) is 1. The maximum Gasteiger partial charge on any atom is 0.327 e. The molecular weight excluding hydrogens is 294 g/mol. The van der Waals surface area contributed by atoms with Gasteiger partial charge in [-0.05, 0) is 18.8 Å². The summed E-state index contributed by atoms with van der Waals surface area (Å²) in [6.07, 6.45) is 1.22. The molecule has 2 amide bonds. The van der Waals surface area contributed by atoms with Crippen molar-refractivity contribution in [2.75, 3.05) is 12.3 Å². The van der Waals surface area contributed by atoms with Crippen LogP contribution in [-0.4, -0.2) is 58.2 Å². The molecule has 0 aromatic rings. The van der Waals surface area contributed by atoms with E-state index in [0.717, 1.165) is 0 Å². The van der Waals surface area contributed by atoms with Gasteiger partial charge < -0.3 is 21.1 Å². The highest BCUT2D eigenvalue weighted by atomic mass is 32.1. The Kier molecular flexibility index (Phi) is 6.47. The second-order valence-corrected chi connectivity index (χ2v) is 5.91. The molecule has 0 spiro atoms. The minimum absolute atomic E-state index is 0.00670. The SMILES string of the molecule is CC(C)C(N)C(=O)N1CCCC1C(=O)NC(CS)C(=O)O. The lowest BCUT2D eigenvalue weighted by atomic mass is 10.0. The van der Waals surface area contributed by atoms with E-state index in [1.807, 2.05) is 13.8 Å². The van der Waals surface area contributed by atoms with E-state index in [0.29, 0.717) is 19.4 Å². The van der Waals surface area contributed by atoms with Gasteiger partial charge in [0.1, 0.15) is 12.1 Å². The molecular formula is C13H23N3O4S. The minimum Gasteiger partial charge on any atom is -0.480 e. The number of carboxylic acids is 1. The number of nitrogens with one attached hydrogen (secondary N) is 1. The predicted octanol–water partition coefficient (Wildman–Crippen LogP) is -0.540. The van der Waals surface area contributed by atoms with Gasteiger partial charge >= 0.3 is 5.97 Å². The summed E-state index contributed by atoms with van der Waals surface area (Å²) in [5, 5.41) is 11.3. The standard InChI is InChI=1S/C13H23N3O4S/c1-7(2)10(14)12(18)16-5-3-4-9(16)11(17)15-8(6-21)13(19)20/h7-10,21H,3-6,14H2,1-2H3,(H,15,17)(H,19,20). The summed E-state index contributed by atoms with van der Waals surface area (Å²) < 4.78 is 0. The molecule has 0 bridgehead atoms. The van der Waals surface area contributed by atoms with Crippen molar-refractivity contribution < 1.29 is 19.5 Å². The molecule has 3 atom stereocenters. The number of carbonyl (C=O) groups is 3. The number of hydrogen-bond acceptors (Lipinski definition) is 5. The molecule has 120 valence electrons. The van der Waals surface area contributed by atoms with E-state index in [2.05, 4.69) is 17.9 Å². The largest absolute Gasteiger partial charge is 0.480 e. The highest BCUT2D eigenvalue weighted by Crippen LogP contribution is 2.19. The number of amides is 2. The van der Waals surface area contributed by atoms with Crippen molar-refractivity contribution in [3.05, 3.63) is 0 Å². The second kappa shape index (κ2) is 7.65. The van der Waals surface area contributed by atoms with Crippen molar-refractivity contribution in [2.24, 2.45) is 11.7 Å². The Labute approximate surface area is 129 Å². The summed E-state index contributed by atoms with van der Waals surface area (Å²) in [5.74, 6) is -1.90. The summed E-state index contributed by atoms with van der Waals surface area (Å²) in [5.41, 5.74) is 5.85. The molecule has 0 aromatic heterocycles. The Balaban J connectivity index is 2.75. The lowest BCUT2D eigenvalue weighted by Crippen LogP contribution is -2.55. The molecule has 1 aliphatic heterocycles. The summed E-state index contributed by atoms with van der Waals surface area (Å²) >= 11 is 3.90. The maximum atomic E-state index is 12.3. The number of hydrogen-bond donors (Lipinski definition) is 4. The van der Waals surface area contributed by atoms with Crippen molar-refractivity contribution in [3.8, 4) is 0 Å². The molecule has 3 unspecified atom stereocenters. The molecule has 1 rings (SSSR count). The van der Waals surface area contributed by atoms with Crippen LogP contribution in [0.25, 0.3) is 0 Å². The Hall–Kier alpha value is -1.28. The van der Waals surface area contributed by atoms with Crippen LogP contribution in [0.1, 0.15) is 26.7 Å². The van der Waals surface area contributed by atoms with Crippen LogP contribution >= 0.6 is 12.6 Å². The number of rotatable bonds is 6. The lowest BCUT2D eigenvalue weighted by molar-refractivity contribution is -0.143. The number of nitrogens with two attached hydrogens (primary N) is 1. The average Bonchev–Trinajstić information content (AvgIpc) is 2.91. The zero-order valence-electron chi connectivity index (χ0n) is 12.3. The van der Waals surface area contributed by atoms with E-state index in [1.165, 1.54) is 4.90 Å². The first-order chi connectivity index (χ1) is 9.79. The van der Waals surface area contributed by atoms with E-state index in [9.17, 15) is 14.4 Å². The van der Waals surface area contributed by atoms with Crippen molar-refractivity contribution in [2.45, 2.75) is 44.8 Å². The normalized spacial score (nSPS) is 21.2. The van der Waals surface area contributed by atoms with Gasteiger partial charge in [0, 0.05) is 12.3 Å². The van der Waals surface area contributed by atoms with Gasteiger partial charge in [0.25, 0.3) is 0 Å². The van der Waals surface area contributed by atoms with Crippen molar-refractivity contribution in [1.82, 2.24) is 10.2 Å². The highest BCUT2D eigenvalue weighted by molar-refractivity contribution is 7.80. The van der Waals surface area contributed by atoms with Crippen LogP contribution in [-0.2, 0) is 14.4 Å². The van der Waals surface area contributed by atoms with E-state index in [1.54, 1.807) is 0 Å². The van der Waals surface area contributed by atoms with Gasteiger partial charge in [0.2, 0.25) is 11.8 Å². The predicted molar refractivity (Wildman–Crippen MR) is 81.0 cm³/mol. The molecule has 21 heavy (non-hydrogen) atoms. The molecule has 8 heteroatoms. The summed E-state index contributed by atoms with van der Waals surface area (Å²) in [4.78, 5) is 36.8. The quantitative estimate of drug-likeness (QED) is 0.492. The molecule has 0 radical (unpaired) electrons. The average molecular weight is 317 g/mol. The molecule has 1 saturated heterocycles. The number of thiol groups is 1. The fourth-order valence-corrected chi connectivity index (χ4v) is 2.48. The van der Waals surface area contributed by atoms with E-state index >= 15 is 0 Å². The van der Waals surface area contributed by atoms with Gasteiger partial charge in [-0.2, -0.15) is 12.6 Å². The Bertz CT molecular complexity index is 416. The lowest BCUT2D eigenvalue weighted by Gasteiger charge is -2.28. The summed E-state index contributed by atoms with van der Waals surface area (Å²) in [6.45, 7) is 4.15. The zero-order valence-corrected chi connectivity index (χ0v) is 13.2. The van der Waals surface area contributed by atoms with E-state index < -0.39 is 30.0 Å². The molecule has 7 nitrogen and oxygen atoms in total. The van der Waals surface area contributed by atoms with Crippen LogP contribution < -0.4 is 11.1 Å². The van der Waals surface area contributed by atoms with Crippen LogP contribution in [0.4, 0.5) is 0 Å². The van der Waals surface area contributed by atoms with Crippen LogP contribution in [0.3, 0.4) is 0 Å². The van der Waals surface area contributed by atoms with Gasteiger partial charge in [-0.1, -0.05) is 13.8 Å². The molecule has 0 aliphatic carbocycles. The van der Waals surface area contributed by atoms with Gasteiger partial charge in [-0.15, -0.1) is 0 Å². The van der Waals surface area contributed by atoms with E-state index in [-0.39, 0.29) is 17.6 Å². The Morgan fingerprint density at radius 2 is 2.05 bits per heavy atom. The van der Waals surface area contributed by atoms with Crippen LogP contribution in [0.5, 0.6) is 0 Å². The number of likely N-dealkylation sites (tertiary alicyclic amines) is 1. The summed E-state index contributed by atoms with van der Waals surface area (Å²) in [7, 11) is 0. The monoisotopic (exact) mass is 317 g/mol. The third-order valence-electron chi connectivity index (χ3n) is 3.64. The van der Waals surface area contributed by atoms with Gasteiger partial charge in [-0.3, -0.25) is 9.59 Å². The van der Waals surface area contributed by atoms with Crippen LogP contribution in [0, 0.1) is 5.92 Å². The number of carbonyl (C=O) groups excluding carboxylic acids is 2. The number of aliphatic carboxylic acids is 1. The first-order valence-corrected chi connectivity index (χ1v) is 7.63. The maximum absolute atomic E-state index is 12.3. The molecule has 4 N–H and O–H groups in total. The topological polar surface area (TPSA) is 113 Å². The van der Waals surface area contributed by atoms with Crippen LogP contribution in [0.2, 0.25) is 0 Å². The van der Waals surface area contributed by atoms with Gasteiger partial charge in [0.05, 0.1) is 6.04 Å². The van der Waals surface area contributed by atoms with Crippen LogP contribution in [0.15, 0.2) is 0 Å². The second-order valence-electron chi connectivity index (χ2n) is 5.54. The first kappa shape index (κ1) is 17.8. The van der Waals surface area contributed by atoms with Gasteiger partial charge in [-0.25, -0.2) is 4.79 Å². The fraction of sp³-hybridized carbons (Fsp3) is 0.769. The smallest absolute Gasteiger partial charge is 0.327 e. The molecule has 1 heterocycles. The zero-order chi connectivity index (χ0) is 16.2. The third kappa shape index (κ3) is 4.34. The minimum atomic E-state index is -1.15. The highest BCUT2D eigenvalue weighted by Gasteiger charge is 2.37. The van der Waals surface area contributed by atoms with Gasteiger partial charge in [0.15, 0.2) is 0 Å². The molecule has 1 aliphatic rings. The molecule has 0 aromatic carbocycles. The molecule has 1 fully saturated rings. The van der Waals surface area contributed by atoms with Crippen molar-refractivity contribution in [3.63, 3.8) is 0 Å².